The molecular weight excluding hydrogens is 428 g/mol. The fourth-order valence-electron chi connectivity index (χ4n) is 2.75. The maximum absolute atomic E-state index is 13.6. The van der Waals surface area contributed by atoms with Crippen LogP contribution in [-0.4, -0.2) is 18.0 Å². The van der Waals surface area contributed by atoms with Crippen LogP contribution < -0.4 is 4.72 Å². The second-order valence-corrected chi connectivity index (χ2v) is 8.42. The van der Waals surface area contributed by atoms with E-state index in [9.17, 15) is 17.2 Å². The molecule has 0 radical (unpaired) electrons. The van der Waals surface area contributed by atoms with Gasteiger partial charge in [-0.05, 0) is 59.6 Å². The molecule has 0 saturated heterocycles. The molecule has 0 aliphatic heterocycles. The fourth-order valence-corrected chi connectivity index (χ4v) is 5.14. The zero-order chi connectivity index (χ0) is 19.1. The van der Waals surface area contributed by atoms with E-state index in [-0.39, 0.29) is 16.2 Å². The molecule has 0 bridgehead atoms. The number of sulfonamides is 1. The Hall–Kier alpha value is -1.84. The number of hydrogen-bond donors (Lipinski definition) is 1. The molecule has 0 aliphatic rings. The van der Waals surface area contributed by atoms with Gasteiger partial charge in [-0.3, -0.25) is 4.57 Å². The molecule has 0 fully saturated rings. The number of halogens is 3. The van der Waals surface area contributed by atoms with Crippen LogP contribution in [0.5, 0.6) is 0 Å². The number of benzene rings is 2. The molecule has 5 nitrogen and oxygen atoms in total. The van der Waals surface area contributed by atoms with Crippen LogP contribution >= 0.6 is 15.9 Å². The van der Waals surface area contributed by atoms with Crippen molar-refractivity contribution < 1.29 is 17.2 Å². The minimum Gasteiger partial charge on any atom is -0.269 e. The van der Waals surface area contributed by atoms with Gasteiger partial charge in [0.05, 0.1) is 22.0 Å². The topological polar surface area (TPSA) is 64.0 Å². The van der Waals surface area contributed by atoms with Crippen molar-refractivity contribution in [2.75, 3.05) is 0 Å². The summed E-state index contributed by atoms with van der Waals surface area (Å²) in [7, 11) is -3.93. The summed E-state index contributed by atoms with van der Waals surface area (Å²) in [4.78, 5) is 4.23. The lowest BCUT2D eigenvalue weighted by Crippen LogP contribution is -2.29. The van der Waals surface area contributed by atoms with Gasteiger partial charge in [-0.1, -0.05) is 18.2 Å². The number of aromatic nitrogens is 2. The average molecular weight is 444 g/mol. The Balaban J connectivity index is 2.01. The van der Waals surface area contributed by atoms with Crippen LogP contribution in [0.3, 0.4) is 0 Å². The van der Waals surface area contributed by atoms with Crippen LogP contribution in [0.15, 0.2) is 51.8 Å². The predicted octanol–water partition coefficient (Wildman–Crippen LogP) is 4.54. The summed E-state index contributed by atoms with van der Waals surface area (Å²) in [5.74, 6) is -0.0481. The minimum absolute atomic E-state index is 0.0367. The number of para-hydroxylation sites is 2. The lowest BCUT2D eigenvalue weighted by molar-refractivity contribution is 0.0702. The molecule has 3 aromatic rings. The first-order chi connectivity index (χ1) is 12.2. The molecular formula is C17H16BrF2N3O2S. The third-order valence-corrected chi connectivity index (χ3v) is 6.43. The van der Waals surface area contributed by atoms with E-state index in [2.05, 4.69) is 25.6 Å². The number of nitrogens with zero attached hydrogens (tertiary/aromatic N) is 2. The Kier molecular flexibility index (Phi) is 5.14. The van der Waals surface area contributed by atoms with E-state index in [1.165, 1.54) is 19.1 Å². The lowest BCUT2D eigenvalue weighted by Gasteiger charge is -2.16. The molecule has 1 unspecified atom stereocenters. The second kappa shape index (κ2) is 7.05. The van der Waals surface area contributed by atoms with E-state index < -0.39 is 22.6 Å². The number of hydrogen-bond acceptors (Lipinski definition) is 3. The number of nitrogens with one attached hydrogen (secondary N) is 1. The molecule has 1 N–H and O–H groups in total. The van der Waals surface area contributed by atoms with Gasteiger partial charge in [0.1, 0.15) is 5.82 Å². The van der Waals surface area contributed by atoms with Crippen LogP contribution in [0.1, 0.15) is 30.9 Å². The van der Waals surface area contributed by atoms with Gasteiger partial charge in [0.2, 0.25) is 10.0 Å². The highest BCUT2D eigenvalue weighted by Gasteiger charge is 2.26. The summed E-state index contributed by atoms with van der Waals surface area (Å²) >= 11 is 3.23. The van der Waals surface area contributed by atoms with Gasteiger partial charge in [-0.2, -0.15) is 8.78 Å². The van der Waals surface area contributed by atoms with Gasteiger partial charge in [0, 0.05) is 4.47 Å². The van der Waals surface area contributed by atoms with Gasteiger partial charge >= 0.3 is 6.55 Å². The number of imidazole rings is 1. The van der Waals surface area contributed by atoms with Gasteiger partial charge in [0.25, 0.3) is 0 Å². The standard InChI is InChI=1S/C17H16BrF2N3O2S/c1-10-7-8-15(12(18)9-10)26(24,25)22-11(2)16-21-13-5-3-4-6-14(13)23(16)17(19)20/h3-9,11,17,22H,1-2H3. The maximum atomic E-state index is 13.6. The van der Waals surface area contributed by atoms with Crippen molar-refractivity contribution >= 4 is 37.0 Å². The van der Waals surface area contributed by atoms with Crippen molar-refractivity contribution in [1.82, 2.24) is 14.3 Å². The summed E-state index contributed by atoms with van der Waals surface area (Å²) in [6.07, 6.45) is 0. The van der Waals surface area contributed by atoms with Crippen LogP contribution in [0.25, 0.3) is 11.0 Å². The predicted molar refractivity (Wildman–Crippen MR) is 98.6 cm³/mol. The number of aryl methyl sites for hydroxylation is 1. The number of alkyl halides is 2. The van der Waals surface area contributed by atoms with Crippen LogP contribution in [0, 0.1) is 6.92 Å². The SMILES string of the molecule is Cc1ccc(S(=O)(=O)NC(C)c2nc3ccccc3n2C(F)F)c(Br)c1. The number of fused-ring (bicyclic) bond motifs is 1. The second-order valence-electron chi connectivity index (χ2n) is 5.88. The van der Waals surface area contributed by atoms with Gasteiger partial charge < -0.3 is 0 Å². The fraction of sp³-hybridized carbons (Fsp3) is 0.235. The summed E-state index contributed by atoms with van der Waals surface area (Å²) in [5.41, 5.74) is 1.52. The van der Waals surface area contributed by atoms with E-state index in [0.717, 1.165) is 10.1 Å². The van der Waals surface area contributed by atoms with Gasteiger partial charge in [-0.15, -0.1) is 0 Å². The monoisotopic (exact) mass is 443 g/mol. The summed E-state index contributed by atoms with van der Waals surface area (Å²) in [5, 5.41) is 0. The van der Waals surface area contributed by atoms with Crippen molar-refractivity contribution in [1.29, 1.82) is 0 Å². The molecule has 1 aromatic heterocycles. The zero-order valence-electron chi connectivity index (χ0n) is 13.9. The Labute approximate surface area is 158 Å². The van der Waals surface area contributed by atoms with Crippen LogP contribution in [0.4, 0.5) is 8.78 Å². The van der Waals surface area contributed by atoms with E-state index in [4.69, 9.17) is 0 Å². The maximum Gasteiger partial charge on any atom is 0.320 e. The highest BCUT2D eigenvalue weighted by molar-refractivity contribution is 9.10. The molecule has 0 aliphatic carbocycles. The quantitative estimate of drug-likeness (QED) is 0.629. The Bertz CT molecular complexity index is 1070. The Morgan fingerprint density at radius 1 is 1.19 bits per heavy atom. The molecule has 2 aromatic carbocycles. The van der Waals surface area contributed by atoms with Crippen LogP contribution in [0.2, 0.25) is 0 Å². The van der Waals surface area contributed by atoms with E-state index in [1.807, 2.05) is 6.92 Å². The molecule has 1 atom stereocenters. The van der Waals surface area contributed by atoms with Crippen molar-refractivity contribution in [3.63, 3.8) is 0 Å². The highest BCUT2D eigenvalue weighted by atomic mass is 79.9. The Morgan fingerprint density at radius 2 is 1.88 bits per heavy atom. The summed E-state index contributed by atoms with van der Waals surface area (Å²) < 4.78 is 56.0. The Morgan fingerprint density at radius 3 is 2.54 bits per heavy atom. The molecule has 3 rings (SSSR count). The lowest BCUT2D eigenvalue weighted by atomic mass is 10.2. The third-order valence-electron chi connectivity index (χ3n) is 3.91. The minimum atomic E-state index is -3.93. The smallest absolute Gasteiger partial charge is 0.269 e. The van der Waals surface area contributed by atoms with E-state index in [0.29, 0.717) is 9.99 Å². The van der Waals surface area contributed by atoms with Crippen molar-refractivity contribution in [3.8, 4) is 0 Å². The molecule has 0 amide bonds. The average Bonchev–Trinajstić information content (AvgIpc) is 2.93. The summed E-state index contributed by atoms with van der Waals surface area (Å²) in [6, 6.07) is 10.3. The molecule has 9 heteroatoms. The van der Waals surface area contributed by atoms with E-state index in [1.54, 1.807) is 30.3 Å². The van der Waals surface area contributed by atoms with Gasteiger partial charge in [-0.25, -0.2) is 18.1 Å². The molecule has 1 heterocycles. The van der Waals surface area contributed by atoms with Crippen molar-refractivity contribution in [2.24, 2.45) is 0 Å². The zero-order valence-corrected chi connectivity index (χ0v) is 16.4. The molecule has 0 saturated carbocycles. The normalized spacial score (nSPS) is 13.5. The number of rotatable bonds is 5. The largest absolute Gasteiger partial charge is 0.320 e. The van der Waals surface area contributed by atoms with Gasteiger partial charge in [0.15, 0.2) is 0 Å². The summed E-state index contributed by atoms with van der Waals surface area (Å²) in [6.45, 7) is 0.484. The highest BCUT2D eigenvalue weighted by Crippen LogP contribution is 2.29. The third kappa shape index (κ3) is 3.51. The van der Waals surface area contributed by atoms with E-state index >= 15 is 0 Å². The first-order valence-electron chi connectivity index (χ1n) is 7.74. The van der Waals surface area contributed by atoms with Crippen LogP contribution in [-0.2, 0) is 10.0 Å². The molecule has 138 valence electrons. The van der Waals surface area contributed by atoms with Crippen molar-refractivity contribution in [3.05, 3.63) is 58.3 Å². The van der Waals surface area contributed by atoms with Crippen molar-refractivity contribution in [2.45, 2.75) is 31.3 Å². The molecule has 0 spiro atoms. The first-order valence-corrected chi connectivity index (χ1v) is 10.0. The first kappa shape index (κ1) is 18.9. The molecule has 26 heavy (non-hydrogen) atoms.